The lowest BCUT2D eigenvalue weighted by molar-refractivity contribution is -0.0586. The predicted molar refractivity (Wildman–Crippen MR) is 98.5 cm³/mol. The molecule has 2 aliphatic rings. The largest absolute Gasteiger partial charge is 0.496 e. The standard InChI is InChI=1S/C18H26N2O6S/c1-13-11-19(12-14(2)26-13)18(21)16-10-15(4-5-17(16)24-3)27(22,23)20-6-8-25-9-7-20/h4-5,10,13-14H,6-9,11-12H2,1-3H3/t13-,14-/m1/s1. The van der Waals surface area contributed by atoms with Crippen LogP contribution in [0.4, 0.5) is 0 Å². The minimum atomic E-state index is -3.69. The van der Waals surface area contributed by atoms with E-state index in [0.717, 1.165) is 0 Å². The molecule has 2 atom stereocenters. The van der Waals surface area contributed by atoms with Crippen molar-refractivity contribution in [2.45, 2.75) is 31.0 Å². The lowest BCUT2D eigenvalue weighted by Gasteiger charge is -2.35. The number of carbonyl (C=O) groups excluding carboxylic acids is 1. The Kier molecular flexibility index (Phi) is 6.05. The number of methoxy groups -OCH3 is 1. The Labute approximate surface area is 160 Å². The summed E-state index contributed by atoms with van der Waals surface area (Å²) in [6.45, 7) is 6.06. The van der Waals surface area contributed by atoms with Gasteiger partial charge in [-0.3, -0.25) is 4.79 Å². The van der Waals surface area contributed by atoms with Crippen molar-refractivity contribution in [2.24, 2.45) is 0 Å². The summed E-state index contributed by atoms with van der Waals surface area (Å²) in [5, 5.41) is 0. The Morgan fingerprint density at radius 3 is 2.37 bits per heavy atom. The number of sulfonamides is 1. The smallest absolute Gasteiger partial charge is 0.257 e. The molecule has 1 aromatic carbocycles. The van der Waals surface area contributed by atoms with Crippen LogP contribution in [0.1, 0.15) is 24.2 Å². The summed E-state index contributed by atoms with van der Waals surface area (Å²) in [4.78, 5) is 14.9. The molecule has 0 unspecified atom stereocenters. The van der Waals surface area contributed by atoms with Gasteiger partial charge in [-0.2, -0.15) is 4.31 Å². The third-order valence-electron chi connectivity index (χ3n) is 4.72. The Bertz CT molecular complexity index is 781. The van der Waals surface area contributed by atoms with Crippen molar-refractivity contribution in [3.05, 3.63) is 23.8 Å². The number of hydrogen-bond donors (Lipinski definition) is 0. The van der Waals surface area contributed by atoms with E-state index < -0.39 is 10.0 Å². The van der Waals surface area contributed by atoms with Crippen LogP contribution in [0.25, 0.3) is 0 Å². The summed E-state index contributed by atoms with van der Waals surface area (Å²) >= 11 is 0. The maximum atomic E-state index is 13.1. The first-order valence-electron chi connectivity index (χ1n) is 9.03. The highest BCUT2D eigenvalue weighted by Crippen LogP contribution is 2.27. The van der Waals surface area contributed by atoms with Gasteiger partial charge in [-0.25, -0.2) is 8.42 Å². The molecule has 2 fully saturated rings. The van der Waals surface area contributed by atoms with Crippen LogP contribution in [0, 0.1) is 0 Å². The summed E-state index contributed by atoms with van der Waals surface area (Å²) in [6.07, 6.45) is -0.159. The van der Waals surface area contributed by atoms with Gasteiger partial charge < -0.3 is 19.1 Å². The Balaban J connectivity index is 1.92. The molecule has 9 heteroatoms. The minimum Gasteiger partial charge on any atom is -0.496 e. The van der Waals surface area contributed by atoms with Crippen molar-refractivity contribution >= 4 is 15.9 Å². The van der Waals surface area contributed by atoms with Crippen LogP contribution in [-0.4, -0.2) is 82.2 Å². The first-order chi connectivity index (χ1) is 12.8. The quantitative estimate of drug-likeness (QED) is 0.751. The zero-order valence-electron chi connectivity index (χ0n) is 15.9. The van der Waals surface area contributed by atoms with E-state index in [1.165, 1.54) is 29.6 Å². The van der Waals surface area contributed by atoms with E-state index in [9.17, 15) is 13.2 Å². The summed E-state index contributed by atoms with van der Waals surface area (Å²) < 4.78 is 43.5. The minimum absolute atomic E-state index is 0.0797. The zero-order chi connectivity index (χ0) is 19.6. The van der Waals surface area contributed by atoms with Crippen LogP contribution in [-0.2, 0) is 19.5 Å². The van der Waals surface area contributed by atoms with Gasteiger partial charge in [0.05, 0.1) is 43.0 Å². The fourth-order valence-electron chi connectivity index (χ4n) is 3.46. The summed E-state index contributed by atoms with van der Waals surface area (Å²) in [5.41, 5.74) is 0.244. The molecule has 1 amide bonds. The third-order valence-corrected chi connectivity index (χ3v) is 6.61. The number of carbonyl (C=O) groups is 1. The lowest BCUT2D eigenvalue weighted by Crippen LogP contribution is -2.48. The second-order valence-electron chi connectivity index (χ2n) is 6.85. The first kappa shape index (κ1) is 20.1. The van der Waals surface area contributed by atoms with Gasteiger partial charge in [0.25, 0.3) is 5.91 Å². The van der Waals surface area contributed by atoms with Crippen LogP contribution in [0.5, 0.6) is 5.75 Å². The van der Waals surface area contributed by atoms with Gasteiger partial charge in [-0.05, 0) is 32.0 Å². The van der Waals surface area contributed by atoms with Gasteiger partial charge in [0, 0.05) is 26.2 Å². The number of hydrogen-bond acceptors (Lipinski definition) is 6. The van der Waals surface area contributed by atoms with E-state index in [2.05, 4.69) is 0 Å². The molecule has 0 bridgehead atoms. The van der Waals surface area contributed by atoms with Crippen LogP contribution in [0.2, 0.25) is 0 Å². The average Bonchev–Trinajstić information content (AvgIpc) is 2.66. The number of nitrogens with zero attached hydrogens (tertiary/aromatic N) is 2. The van der Waals surface area contributed by atoms with Gasteiger partial charge in [0.1, 0.15) is 5.75 Å². The predicted octanol–water partition coefficient (Wildman–Crippen LogP) is 0.965. The number of benzene rings is 1. The van der Waals surface area contributed by atoms with E-state index in [1.807, 2.05) is 13.8 Å². The average molecular weight is 398 g/mol. The van der Waals surface area contributed by atoms with Gasteiger partial charge in [-0.15, -0.1) is 0 Å². The molecule has 0 N–H and O–H groups in total. The second-order valence-corrected chi connectivity index (χ2v) is 8.78. The summed E-state index contributed by atoms with van der Waals surface area (Å²) in [6, 6.07) is 4.43. The van der Waals surface area contributed by atoms with Crippen molar-refractivity contribution in [3.63, 3.8) is 0 Å². The second kappa shape index (κ2) is 8.14. The number of rotatable bonds is 4. The maximum absolute atomic E-state index is 13.1. The molecular formula is C18H26N2O6S. The van der Waals surface area contributed by atoms with E-state index >= 15 is 0 Å². The first-order valence-corrected chi connectivity index (χ1v) is 10.5. The molecule has 27 heavy (non-hydrogen) atoms. The van der Waals surface area contributed by atoms with Crippen molar-refractivity contribution in [3.8, 4) is 5.75 Å². The maximum Gasteiger partial charge on any atom is 0.257 e. The monoisotopic (exact) mass is 398 g/mol. The molecule has 150 valence electrons. The van der Waals surface area contributed by atoms with Crippen LogP contribution >= 0.6 is 0 Å². The molecule has 1 aromatic rings. The zero-order valence-corrected chi connectivity index (χ0v) is 16.7. The third kappa shape index (κ3) is 4.26. The van der Waals surface area contributed by atoms with E-state index in [0.29, 0.717) is 45.1 Å². The molecule has 0 radical (unpaired) electrons. The number of ether oxygens (including phenoxy) is 3. The fourth-order valence-corrected chi connectivity index (χ4v) is 4.90. The van der Waals surface area contributed by atoms with Gasteiger partial charge in [0.15, 0.2) is 0 Å². The molecule has 2 saturated heterocycles. The molecule has 2 heterocycles. The van der Waals surface area contributed by atoms with Crippen LogP contribution < -0.4 is 4.74 Å². The fraction of sp³-hybridized carbons (Fsp3) is 0.611. The molecule has 2 aliphatic heterocycles. The highest BCUT2D eigenvalue weighted by atomic mass is 32.2. The van der Waals surface area contributed by atoms with Crippen molar-refractivity contribution in [1.29, 1.82) is 0 Å². The summed E-state index contributed by atoms with van der Waals surface area (Å²) in [7, 11) is -2.23. The Hall–Kier alpha value is -1.68. The molecule has 8 nitrogen and oxygen atoms in total. The molecule has 0 aliphatic carbocycles. The van der Waals surface area contributed by atoms with Crippen molar-refractivity contribution < 1.29 is 27.4 Å². The Morgan fingerprint density at radius 2 is 1.78 bits per heavy atom. The van der Waals surface area contributed by atoms with Gasteiger partial charge in [-0.1, -0.05) is 0 Å². The molecule has 3 rings (SSSR count). The van der Waals surface area contributed by atoms with E-state index in [-0.39, 0.29) is 28.6 Å². The molecular weight excluding hydrogens is 372 g/mol. The normalized spacial score (nSPS) is 24.6. The van der Waals surface area contributed by atoms with Gasteiger partial charge >= 0.3 is 0 Å². The topological polar surface area (TPSA) is 85.4 Å². The van der Waals surface area contributed by atoms with Gasteiger partial charge in [0.2, 0.25) is 10.0 Å². The van der Waals surface area contributed by atoms with Crippen molar-refractivity contribution in [1.82, 2.24) is 9.21 Å². The van der Waals surface area contributed by atoms with Crippen molar-refractivity contribution in [2.75, 3.05) is 46.5 Å². The highest BCUT2D eigenvalue weighted by molar-refractivity contribution is 7.89. The highest BCUT2D eigenvalue weighted by Gasteiger charge is 2.31. The molecule has 0 saturated carbocycles. The SMILES string of the molecule is COc1ccc(S(=O)(=O)N2CCOCC2)cc1C(=O)N1C[C@@H](C)O[C@H](C)C1. The van der Waals surface area contributed by atoms with E-state index in [1.54, 1.807) is 4.90 Å². The number of morpholine rings is 2. The molecule has 0 aromatic heterocycles. The molecule has 0 spiro atoms. The van der Waals surface area contributed by atoms with Crippen LogP contribution in [0.15, 0.2) is 23.1 Å². The van der Waals surface area contributed by atoms with Crippen LogP contribution in [0.3, 0.4) is 0 Å². The summed E-state index contributed by atoms with van der Waals surface area (Å²) in [5.74, 6) is 0.0978. The Morgan fingerprint density at radius 1 is 1.15 bits per heavy atom. The lowest BCUT2D eigenvalue weighted by atomic mass is 10.1. The van der Waals surface area contributed by atoms with E-state index in [4.69, 9.17) is 14.2 Å². The number of amides is 1.